The Morgan fingerprint density at radius 1 is 0.878 bits per heavy atom. The summed E-state index contributed by atoms with van der Waals surface area (Å²) < 4.78 is 0. The Balaban J connectivity index is 0.00000128. The minimum absolute atomic E-state index is 0.114. The highest BCUT2D eigenvalue weighted by molar-refractivity contribution is 5.95. The molecule has 2 heterocycles. The Morgan fingerprint density at radius 2 is 1.51 bits per heavy atom. The molecule has 9 N–H and O–H groups in total. The second-order valence-corrected chi connectivity index (χ2v) is 12.0. The van der Waals surface area contributed by atoms with Crippen LogP contribution >= 0.6 is 0 Å². The Kier molecular flexibility index (Phi) is 12.5. The number of carboxylic acids is 1. The highest BCUT2D eigenvalue weighted by Gasteiger charge is 2.38. The van der Waals surface area contributed by atoms with Crippen LogP contribution in [0.15, 0.2) is 85.1 Å². The van der Waals surface area contributed by atoms with E-state index in [4.69, 9.17) is 21.4 Å². The number of rotatable bonds is 12. The number of aromatic nitrogens is 1. The molecule has 0 bridgehead atoms. The molecule has 13 heteroatoms. The highest BCUT2D eigenvalue weighted by atomic mass is 16.4. The van der Waals surface area contributed by atoms with Crippen molar-refractivity contribution >= 4 is 40.5 Å². The topological polar surface area (TPSA) is 221 Å². The first-order valence-electron chi connectivity index (χ1n) is 16.0. The average molecular weight is 671 g/mol. The molecule has 4 aromatic rings. The van der Waals surface area contributed by atoms with Crippen molar-refractivity contribution < 1.29 is 34.2 Å². The number of aromatic hydroxyl groups is 1. The highest BCUT2D eigenvalue weighted by Crippen LogP contribution is 2.22. The van der Waals surface area contributed by atoms with Crippen LogP contribution in [0.1, 0.15) is 36.5 Å². The van der Waals surface area contributed by atoms with Gasteiger partial charge in [-0.05, 0) is 54.2 Å². The maximum absolute atomic E-state index is 13.7. The number of hydrogen-bond acceptors (Lipinski definition) is 7. The summed E-state index contributed by atoms with van der Waals surface area (Å²) in [4.78, 5) is 66.9. The van der Waals surface area contributed by atoms with Crippen molar-refractivity contribution in [1.82, 2.24) is 20.5 Å². The lowest BCUT2D eigenvalue weighted by molar-refractivity contribution is -0.140. The normalized spacial score (nSPS) is 15.7. The van der Waals surface area contributed by atoms with Gasteiger partial charge >= 0.3 is 0 Å². The van der Waals surface area contributed by atoms with Crippen molar-refractivity contribution in [1.29, 1.82) is 0 Å². The van der Waals surface area contributed by atoms with Crippen LogP contribution in [0.4, 0.5) is 0 Å². The van der Waals surface area contributed by atoms with E-state index in [-0.39, 0.29) is 30.9 Å². The van der Waals surface area contributed by atoms with Gasteiger partial charge in [-0.3, -0.25) is 24.0 Å². The van der Waals surface area contributed by atoms with Crippen LogP contribution in [-0.2, 0) is 43.2 Å². The van der Waals surface area contributed by atoms with E-state index in [0.29, 0.717) is 19.4 Å². The molecule has 4 amide bonds. The van der Waals surface area contributed by atoms with Gasteiger partial charge in [0, 0.05) is 43.4 Å². The summed E-state index contributed by atoms with van der Waals surface area (Å²) in [6.07, 6.45) is 3.39. The van der Waals surface area contributed by atoms with E-state index in [9.17, 15) is 24.3 Å². The number of phenols is 1. The number of primary amides is 1. The van der Waals surface area contributed by atoms with E-state index in [2.05, 4.69) is 15.6 Å². The molecule has 258 valence electrons. The third kappa shape index (κ3) is 10.1. The van der Waals surface area contributed by atoms with Gasteiger partial charge in [0.1, 0.15) is 23.9 Å². The molecular formula is C36H42N6O7. The number of phenolic OH excluding ortho intramolecular Hbond substituents is 1. The third-order valence-corrected chi connectivity index (χ3v) is 8.22. The molecule has 13 nitrogen and oxygen atoms in total. The molecule has 0 unspecified atom stereocenters. The number of fused-ring (bicyclic) bond motifs is 1. The summed E-state index contributed by atoms with van der Waals surface area (Å²) in [6, 6.07) is 19.5. The molecule has 1 aliphatic rings. The van der Waals surface area contributed by atoms with Crippen LogP contribution < -0.4 is 22.1 Å². The van der Waals surface area contributed by atoms with Gasteiger partial charge in [-0.2, -0.15) is 0 Å². The number of carbonyl (C=O) groups is 5. The number of carboxylic acid groups (broad SMARTS) is 1. The number of aliphatic carboxylic acids is 1. The Labute approximate surface area is 283 Å². The van der Waals surface area contributed by atoms with E-state index >= 15 is 0 Å². The van der Waals surface area contributed by atoms with Gasteiger partial charge in [-0.1, -0.05) is 60.7 Å². The number of benzene rings is 3. The second-order valence-electron chi connectivity index (χ2n) is 12.0. The van der Waals surface area contributed by atoms with E-state index in [1.54, 1.807) is 18.3 Å². The largest absolute Gasteiger partial charge is 0.508 e. The van der Waals surface area contributed by atoms with Gasteiger partial charge in [0.2, 0.25) is 23.6 Å². The molecule has 3 aromatic carbocycles. The van der Waals surface area contributed by atoms with Crippen LogP contribution in [0, 0.1) is 0 Å². The van der Waals surface area contributed by atoms with Crippen LogP contribution in [-0.4, -0.2) is 80.4 Å². The molecule has 4 atom stereocenters. The summed E-state index contributed by atoms with van der Waals surface area (Å²) in [5.41, 5.74) is 15.2. The molecule has 1 saturated heterocycles. The number of likely N-dealkylation sites (tertiary alicyclic amines) is 1. The van der Waals surface area contributed by atoms with Crippen molar-refractivity contribution in [3.63, 3.8) is 0 Å². The number of aromatic amines is 1. The van der Waals surface area contributed by atoms with Gasteiger partial charge in [-0.25, -0.2) is 0 Å². The fourth-order valence-electron chi connectivity index (χ4n) is 5.83. The first-order valence-corrected chi connectivity index (χ1v) is 16.0. The molecule has 1 aliphatic heterocycles. The Hall–Kier alpha value is -5.69. The van der Waals surface area contributed by atoms with Gasteiger partial charge in [-0.15, -0.1) is 0 Å². The molecule has 0 spiro atoms. The van der Waals surface area contributed by atoms with Gasteiger partial charge in [0.25, 0.3) is 5.97 Å². The Morgan fingerprint density at radius 3 is 2.18 bits per heavy atom. The number of nitrogens with two attached hydrogens (primary N) is 2. The zero-order chi connectivity index (χ0) is 35.5. The van der Waals surface area contributed by atoms with Crippen molar-refractivity contribution in [2.45, 2.75) is 63.2 Å². The number of amides is 4. The van der Waals surface area contributed by atoms with Crippen molar-refractivity contribution in [2.24, 2.45) is 11.5 Å². The zero-order valence-electron chi connectivity index (χ0n) is 27.2. The van der Waals surface area contributed by atoms with E-state index in [0.717, 1.165) is 34.5 Å². The molecule has 0 saturated carbocycles. The summed E-state index contributed by atoms with van der Waals surface area (Å²) in [6.45, 7) is 1.44. The average Bonchev–Trinajstić information content (AvgIpc) is 3.73. The number of nitrogens with zero attached hydrogens (tertiary/aromatic N) is 1. The fourth-order valence-corrected chi connectivity index (χ4v) is 5.83. The van der Waals surface area contributed by atoms with Crippen LogP contribution in [0.2, 0.25) is 0 Å². The fraction of sp³-hybridized carbons (Fsp3) is 0.306. The quantitative estimate of drug-likeness (QED) is 0.117. The predicted molar refractivity (Wildman–Crippen MR) is 183 cm³/mol. The SMILES string of the molecule is CC(=O)O.NC(=O)[C@H](Cc1ccccc1)NC(=O)[C@H](Cc1c[nH]c2ccccc12)NC(=O)[C@@H]1CCCN1C(=O)[C@@H](N)Cc1ccc(O)cc1. The van der Waals surface area contributed by atoms with E-state index in [1.807, 2.05) is 54.6 Å². The van der Waals surface area contributed by atoms with Crippen molar-refractivity contribution in [2.75, 3.05) is 6.54 Å². The van der Waals surface area contributed by atoms with Crippen molar-refractivity contribution in [3.8, 4) is 5.75 Å². The van der Waals surface area contributed by atoms with Gasteiger partial charge < -0.3 is 42.2 Å². The van der Waals surface area contributed by atoms with Gasteiger partial charge in [0.05, 0.1) is 6.04 Å². The lowest BCUT2D eigenvalue weighted by Crippen LogP contribution is -2.58. The maximum Gasteiger partial charge on any atom is 0.300 e. The lowest BCUT2D eigenvalue weighted by atomic mass is 10.0. The molecule has 0 aliphatic carbocycles. The Bertz CT molecular complexity index is 1750. The van der Waals surface area contributed by atoms with E-state index in [1.165, 1.54) is 17.0 Å². The van der Waals surface area contributed by atoms with Crippen LogP contribution in [0.5, 0.6) is 5.75 Å². The standard InChI is InChI=1S/C34H38N6O5.C2H4O2/c35-26(17-22-12-14-24(41)15-13-22)34(45)40-16-6-11-30(40)33(44)39-29(19-23-20-37-27-10-5-4-9-25(23)27)32(43)38-28(31(36)42)18-21-7-2-1-3-8-21;1-2(3)4/h1-5,7-10,12-15,20,26,28-30,37,41H,6,11,16-19,35H2,(H2,36,42)(H,38,43)(H,39,44);1H3,(H,3,4)/t26-,28-,29-,30-;/m0./s1. The molecular weight excluding hydrogens is 628 g/mol. The number of para-hydroxylation sites is 1. The molecule has 5 rings (SSSR count). The van der Waals surface area contributed by atoms with Crippen molar-refractivity contribution in [3.05, 3.63) is 102 Å². The summed E-state index contributed by atoms with van der Waals surface area (Å²) >= 11 is 0. The molecule has 49 heavy (non-hydrogen) atoms. The molecule has 1 fully saturated rings. The smallest absolute Gasteiger partial charge is 0.300 e. The van der Waals surface area contributed by atoms with Crippen LogP contribution in [0.25, 0.3) is 10.9 Å². The molecule has 1 aromatic heterocycles. The summed E-state index contributed by atoms with van der Waals surface area (Å²) in [7, 11) is 0. The monoisotopic (exact) mass is 670 g/mol. The number of hydrogen-bond donors (Lipinski definition) is 7. The zero-order valence-corrected chi connectivity index (χ0v) is 27.2. The van der Waals surface area contributed by atoms with Gasteiger partial charge in [0.15, 0.2) is 0 Å². The van der Waals surface area contributed by atoms with Crippen LogP contribution in [0.3, 0.4) is 0 Å². The minimum Gasteiger partial charge on any atom is -0.508 e. The lowest BCUT2D eigenvalue weighted by Gasteiger charge is -2.29. The summed E-state index contributed by atoms with van der Waals surface area (Å²) in [5, 5.41) is 23.5. The first-order chi connectivity index (χ1) is 23.4. The number of carbonyl (C=O) groups excluding carboxylic acids is 4. The number of nitrogens with one attached hydrogen (secondary N) is 3. The third-order valence-electron chi connectivity index (χ3n) is 8.22. The number of H-pyrrole nitrogens is 1. The minimum atomic E-state index is -1.06. The second kappa shape index (κ2) is 16.9. The molecule has 0 radical (unpaired) electrons. The van der Waals surface area contributed by atoms with E-state index < -0.39 is 47.9 Å². The maximum atomic E-state index is 13.7. The summed E-state index contributed by atoms with van der Waals surface area (Å²) in [5.74, 6) is -2.82. The predicted octanol–water partition coefficient (Wildman–Crippen LogP) is 1.77. The first kappa shape index (κ1) is 36.2.